The van der Waals surface area contributed by atoms with E-state index in [-0.39, 0.29) is 5.91 Å². The molecule has 0 spiro atoms. The first-order chi connectivity index (χ1) is 13.2. The molecule has 4 aromatic rings. The number of aromatic nitrogens is 2. The van der Waals surface area contributed by atoms with E-state index in [4.69, 9.17) is 9.47 Å². The average Bonchev–Trinajstić information content (AvgIpc) is 3.34. The monoisotopic (exact) mass is 379 g/mol. The molecule has 0 bridgehead atoms. The first-order valence-corrected chi connectivity index (χ1v) is 9.08. The van der Waals surface area contributed by atoms with Crippen LogP contribution in [0.15, 0.2) is 60.8 Å². The lowest BCUT2D eigenvalue weighted by Crippen LogP contribution is -2.16. The highest BCUT2D eigenvalue weighted by atomic mass is 32.1. The maximum Gasteiger partial charge on any atom is 0.272 e. The lowest BCUT2D eigenvalue weighted by molar-refractivity contribution is 0.102. The molecule has 0 aliphatic rings. The molecule has 6 nitrogen and oxygen atoms in total. The normalized spacial score (nSPS) is 10.7. The quantitative estimate of drug-likeness (QED) is 0.560. The van der Waals surface area contributed by atoms with E-state index in [1.807, 2.05) is 36.5 Å². The number of para-hydroxylation sites is 1. The fourth-order valence-corrected chi connectivity index (χ4v) is 3.77. The summed E-state index contributed by atoms with van der Waals surface area (Å²) in [4.78, 5) is 17.4. The molecule has 1 N–H and O–H groups in total. The lowest BCUT2D eigenvalue weighted by Gasteiger charge is -2.11. The molecule has 0 unspecified atom stereocenters. The van der Waals surface area contributed by atoms with Crippen molar-refractivity contribution in [2.75, 3.05) is 19.5 Å². The second-order valence-corrected chi connectivity index (χ2v) is 6.76. The van der Waals surface area contributed by atoms with Gasteiger partial charge in [-0.2, -0.15) is 0 Å². The van der Waals surface area contributed by atoms with E-state index in [2.05, 4.69) is 10.3 Å². The van der Waals surface area contributed by atoms with Gasteiger partial charge in [0.05, 0.1) is 24.4 Å². The van der Waals surface area contributed by atoms with Crippen LogP contribution in [-0.2, 0) is 0 Å². The van der Waals surface area contributed by atoms with Gasteiger partial charge in [0.25, 0.3) is 5.91 Å². The Morgan fingerprint density at radius 1 is 1.04 bits per heavy atom. The largest absolute Gasteiger partial charge is 0.493 e. The standard InChI is InChI=1S/C20H17N3O3S/c1-25-16-10-9-13(12-17(16)26-2)21-19(24)15-7-5-11-23(15)20-22-14-6-3-4-8-18(14)27-20/h3-12H,1-2H3,(H,21,24). The van der Waals surface area contributed by atoms with E-state index < -0.39 is 0 Å². The van der Waals surface area contributed by atoms with E-state index in [9.17, 15) is 4.79 Å². The summed E-state index contributed by atoms with van der Waals surface area (Å²) in [7, 11) is 3.13. The third kappa shape index (κ3) is 3.24. The zero-order valence-electron chi connectivity index (χ0n) is 14.8. The van der Waals surface area contributed by atoms with Crippen molar-refractivity contribution in [2.24, 2.45) is 0 Å². The van der Waals surface area contributed by atoms with Crippen LogP contribution < -0.4 is 14.8 Å². The highest BCUT2D eigenvalue weighted by Gasteiger charge is 2.16. The number of nitrogens with one attached hydrogen (secondary N) is 1. The minimum atomic E-state index is -0.230. The minimum Gasteiger partial charge on any atom is -0.493 e. The molecule has 0 saturated heterocycles. The van der Waals surface area contributed by atoms with Crippen LogP contribution >= 0.6 is 11.3 Å². The molecule has 0 atom stereocenters. The van der Waals surface area contributed by atoms with Crippen molar-refractivity contribution < 1.29 is 14.3 Å². The fraction of sp³-hybridized carbons (Fsp3) is 0.100. The van der Waals surface area contributed by atoms with Crippen molar-refractivity contribution in [3.05, 3.63) is 66.5 Å². The smallest absolute Gasteiger partial charge is 0.272 e. The van der Waals surface area contributed by atoms with Crippen LogP contribution in [0.3, 0.4) is 0 Å². The number of anilines is 1. The molecule has 27 heavy (non-hydrogen) atoms. The zero-order valence-corrected chi connectivity index (χ0v) is 15.6. The summed E-state index contributed by atoms with van der Waals surface area (Å²) in [5.41, 5.74) is 2.04. The molecule has 2 heterocycles. The topological polar surface area (TPSA) is 65.4 Å². The van der Waals surface area contributed by atoms with Crippen molar-refractivity contribution >= 4 is 33.1 Å². The zero-order chi connectivity index (χ0) is 18.8. The highest BCUT2D eigenvalue weighted by Crippen LogP contribution is 2.30. The fourth-order valence-electron chi connectivity index (χ4n) is 2.80. The summed E-state index contributed by atoms with van der Waals surface area (Å²) in [6, 6.07) is 16.7. The number of nitrogens with zero attached hydrogens (tertiary/aromatic N) is 2. The Morgan fingerprint density at radius 2 is 1.85 bits per heavy atom. The number of hydrogen-bond acceptors (Lipinski definition) is 5. The van der Waals surface area contributed by atoms with Crippen LogP contribution in [0.1, 0.15) is 10.5 Å². The molecule has 136 valence electrons. The van der Waals surface area contributed by atoms with Gasteiger partial charge in [-0.05, 0) is 36.4 Å². The molecule has 0 aliphatic carbocycles. The van der Waals surface area contributed by atoms with Gasteiger partial charge >= 0.3 is 0 Å². The second-order valence-electron chi connectivity index (χ2n) is 5.75. The molecule has 4 rings (SSSR count). The van der Waals surface area contributed by atoms with Gasteiger partial charge in [0, 0.05) is 18.0 Å². The lowest BCUT2D eigenvalue weighted by atomic mass is 10.2. The number of benzene rings is 2. The van der Waals surface area contributed by atoms with Crippen LogP contribution in [0.25, 0.3) is 15.3 Å². The van der Waals surface area contributed by atoms with Gasteiger partial charge in [-0.15, -0.1) is 0 Å². The average molecular weight is 379 g/mol. The Kier molecular flexibility index (Phi) is 4.52. The number of fused-ring (bicyclic) bond motifs is 1. The molecule has 0 radical (unpaired) electrons. The van der Waals surface area contributed by atoms with Gasteiger partial charge in [0.15, 0.2) is 16.6 Å². The Hall–Kier alpha value is -3.32. The second kappa shape index (κ2) is 7.13. The van der Waals surface area contributed by atoms with Crippen molar-refractivity contribution in [1.82, 2.24) is 9.55 Å². The number of carbonyl (C=O) groups is 1. The number of rotatable bonds is 5. The predicted molar refractivity (Wildman–Crippen MR) is 106 cm³/mol. The maximum absolute atomic E-state index is 12.8. The van der Waals surface area contributed by atoms with Crippen molar-refractivity contribution in [1.29, 1.82) is 0 Å². The van der Waals surface area contributed by atoms with Crippen molar-refractivity contribution in [3.63, 3.8) is 0 Å². The Bertz CT molecular complexity index is 1080. The first-order valence-electron chi connectivity index (χ1n) is 8.26. The summed E-state index contributed by atoms with van der Waals surface area (Å²) < 4.78 is 13.4. The van der Waals surface area contributed by atoms with Gasteiger partial charge in [-0.1, -0.05) is 23.5 Å². The SMILES string of the molecule is COc1ccc(NC(=O)c2cccn2-c2nc3ccccc3s2)cc1OC. The molecular formula is C20H17N3O3S. The predicted octanol–water partition coefficient (Wildman–Crippen LogP) is 4.36. The number of ether oxygens (including phenoxy) is 2. The molecule has 2 aromatic carbocycles. The molecule has 1 amide bonds. The molecule has 0 aliphatic heterocycles. The summed E-state index contributed by atoms with van der Waals surface area (Å²) in [6.07, 6.45) is 1.83. The highest BCUT2D eigenvalue weighted by molar-refractivity contribution is 7.20. The van der Waals surface area contributed by atoms with E-state index >= 15 is 0 Å². The Balaban J connectivity index is 1.63. The number of thiazole rings is 1. The number of hydrogen-bond donors (Lipinski definition) is 1. The minimum absolute atomic E-state index is 0.230. The van der Waals surface area contributed by atoms with Gasteiger partial charge in [-0.3, -0.25) is 9.36 Å². The Morgan fingerprint density at radius 3 is 2.63 bits per heavy atom. The molecule has 0 fully saturated rings. The van der Waals surface area contributed by atoms with Crippen LogP contribution in [0.2, 0.25) is 0 Å². The van der Waals surface area contributed by atoms with Crippen molar-refractivity contribution in [3.8, 4) is 16.6 Å². The molecular weight excluding hydrogens is 362 g/mol. The molecule has 0 saturated carbocycles. The number of amides is 1. The number of methoxy groups -OCH3 is 2. The van der Waals surface area contributed by atoms with Crippen LogP contribution in [-0.4, -0.2) is 29.7 Å². The van der Waals surface area contributed by atoms with Crippen LogP contribution in [0.5, 0.6) is 11.5 Å². The van der Waals surface area contributed by atoms with Gasteiger partial charge in [-0.25, -0.2) is 4.98 Å². The van der Waals surface area contributed by atoms with Crippen LogP contribution in [0, 0.1) is 0 Å². The Labute approximate surface area is 160 Å². The molecule has 7 heteroatoms. The summed E-state index contributed by atoms with van der Waals surface area (Å²) in [5.74, 6) is 0.927. The summed E-state index contributed by atoms with van der Waals surface area (Å²) >= 11 is 1.54. The van der Waals surface area contributed by atoms with E-state index in [0.29, 0.717) is 22.9 Å². The van der Waals surface area contributed by atoms with Crippen molar-refractivity contribution in [2.45, 2.75) is 0 Å². The van der Waals surface area contributed by atoms with E-state index in [1.54, 1.807) is 43.1 Å². The summed E-state index contributed by atoms with van der Waals surface area (Å²) in [5, 5.41) is 3.64. The number of carbonyl (C=O) groups excluding carboxylic acids is 1. The van der Waals surface area contributed by atoms with Gasteiger partial charge < -0.3 is 14.8 Å². The van der Waals surface area contributed by atoms with Crippen LogP contribution in [0.4, 0.5) is 5.69 Å². The third-order valence-electron chi connectivity index (χ3n) is 4.11. The van der Waals surface area contributed by atoms with Gasteiger partial charge in [0.2, 0.25) is 0 Å². The van der Waals surface area contributed by atoms with E-state index in [1.165, 1.54) is 11.3 Å². The first kappa shape index (κ1) is 17.1. The third-order valence-corrected chi connectivity index (χ3v) is 5.15. The maximum atomic E-state index is 12.8. The van der Waals surface area contributed by atoms with Gasteiger partial charge in [0.1, 0.15) is 5.69 Å². The molecule has 2 aromatic heterocycles. The van der Waals surface area contributed by atoms with E-state index in [0.717, 1.165) is 15.3 Å². The summed E-state index contributed by atoms with van der Waals surface area (Å²) in [6.45, 7) is 0.